The minimum atomic E-state index is -1.32. The minimum absolute atomic E-state index is 0.0924. The number of aromatic amines is 1. The average Bonchev–Trinajstić information content (AvgIpc) is 3.51. The zero-order valence-electron chi connectivity index (χ0n) is 21.2. The summed E-state index contributed by atoms with van der Waals surface area (Å²) >= 11 is 0. The number of nitrogens with one attached hydrogen (secondary N) is 2. The lowest BCUT2D eigenvalue weighted by molar-refractivity contribution is -0.138. The summed E-state index contributed by atoms with van der Waals surface area (Å²) < 4.78 is 15.9. The van der Waals surface area contributed by atoms with Crippen molar-refractivity contribution < 1.29 is 14.0 Å². The summed E-state index contributed by atoms with van der Waals surface area (Å²) in [5, 5.41) is 9.36. The van der Waals surface area contributed by atoms with Gasteiger partial charge in [0.2, 0.25) is 11.8 Å². The van der Waals surface area contributed by atoms with Gasteiger partial charge in [-0.1, -0.05) is 56.3 Å². The van der Waals surface area contributed by atoms with Gasteiger partial charge in [-0.3, -0.25) is 19.0 Å². The molecule has 0 spiro atoms. The van der Waals surface area contributed by atoms with Crippen molar-refractivity contribution in [2.45, 2.75) is 50.9 Å². The molecule has 196 valence electrons. The van der Waals surface area contributed by atoms with Gasteiger partial charge in [0, 0.05) is 24.4 Å². The molecular formula is C28H29FN6O3. The van der Waals surface area contributed by atoms with E-state index in [2.05, 4.69) is 34.3 Å². The van der Waals surface area contributed by atoms with E-state index >= 15 is 0 Å². The number of hydrogen-bond donors (Lipinski definition) is 2. The second kappa shape index (κ2) is 10.6. The maximum atomic E-state index is 14.6. The molecular weight excluding hydrogens is 487 g/mol. The van der Waals surface area contributed by atoms with Crippen molar-refractivity contribution in [2.75, 3.05) is 6.54 Å². The SMILES string of the molecule is CC(C)c1ccc(C(NC(=O)C2CC(F)CN2C(=O)Cc2cccn3c(=O)[nH]nc23)c2ccccc2)nc1. The molecule has 1 aliphatic heterocycles. The molecule has 1 fully saturated rings. The molecule has 4 heterocycles. The molecule has 4 aromatic rings. The molecule has 0 radical (unpaired) electrons. The van der Waals surface area contributed by atoms with Gasteiger partial charge >= 0.3 is 5.69 Å². The first-order chi connectivity index (χ1) is 18.3. The molecule has 1 aliphatic rings. The molecule has 2 amide bonds. The highest BCUT2D eigenvalue weighted by Gasteiger charge is 2.40. The van der Waals surface area contributed by atoms with Crippen molar-refractivity contribution in [3.63, 3.8) is 0 Å². The van der Waals surface area contributed by atoms with E-state index in [1.807, 2.05) is 42.5 Å². The average molecular weight is 517 g/mol. The van der Waals surface area contributed by atoms with Crippen molar-refractivity contribution in [1.82, 2.24) is 29.8 Å². The molecule has 1 aromatic carbocycles. The van der Waals surface area contributed by atoms with Crippen LogP contribution in [0.5, 0.6) is 0 Å². The largest absolute Gasteiger partial charge is 0.347 e. The summed E-state index contributed by atoms with van der Waals surface area (Å²) in [5.74, 6) is -0.549. The topological polar surface area (TPSA) is 112 Å². The summed E-state index contributed by atoms with van der Waals surface area (Å²) in [6, 6.07) is 15.1. The van der Waals surface area contributed by atoms with Crippen molar-refractivity contribution >= 4 is 17.5 Å². The number of carbonyl (C=O) groups excluding carboxylic acids is 2. The quantitative estimate of drug-likeness (QED) is 0.392. The van der Waals surface area contributed by atoms with Crippen LogP contribution in [0.3, 0.4) is 0 Å². The van der Waals surface area contributed by atoms with Gasteiger partial charge in [-0.2, -0.15) is 5.10 Å². The van der Waals surface area contributed by atoms with Crippen LogP contribution in [0.4, 0.5) is 4.39 Å². The van der Waals surface area contributed by atoms with Crippen LogP contribution in [0.25, 0.3) is 5.65 Å². The lowest BCUT2D eigenvalue weighted by atomic mass is 10.00. The van der Waals surface area contributed by atoms with E-state index in [1.54, 1.807) is 24.5 Å². The lowest BCUT2D eigenvalue weighted by Gasteiger charge is -2.27. The highest BCUT2D eigenvalue weighted by molar-refractivity contribution is 5.90. The third-order valence-corrected chi connectivity index (χ3v) is 6.93. The fourth-order valence-corrected chi connectivity index (χ4v) is 4.84. The summed E-state index contributed by atoms with van der Waals surface area (Å²) in [6.07, 6.45) is 1.81. The van der Waals surface area contributed by atoms with E-state index in [0.717, 1.165) is 11.1 Å². The van der Waals surface area contributed by atoms with Crippen LogP contribution < -0.4 is 11.0 Å². The number of carbonyl (C=O) groups is 2. The Hall–Kier alpha value is -4.34. The Kier molecular flexibility index (Phi) is 7.04. The van der Waals surface area contributed by atoms with E-state index in [0.29, 0.717) is 22.8 Å². The molecule has 9 nitrogen and oxygen atoms in total. The van der Waals surface area contributed by atoms with Crippen molar-refractivity contribution in [3.05, 3.63) is 99.9 Å². The number of rotatable bonds is 7. The molecule has 0 bridgehead atoms. The Bertz CT molecular complexity index is 1500. The van der Waals surface area contributed by atoms with E-state index < -0.39 is 35.8 Å². The number of hydrogen-bond acceptors (Lipinski definition) is 5. The molecule has 2 N–H and O–H groups in total. The first-order valence-electron chi connectivity index (χ1n) is 12.6. The number of benzene rings is 1. The second-order valence-corrected chi connectivity index (χ2v) is 9.85. The van der Waals surface area contributed by atoms with Crippen LogP contribution in [0.2, 0.25) is 0 Å². The molecule has 3 atom stereocenters. The Balaban J connectivity index is 1.38. The molecule has 3 unspecified atom stereocenters. The van der Waals surface area contributed by atoms with Crippen LogP contribution in [0.15, 0.2) is 71.8 Å². The summed E-state index contributed by atoms with van der Waals surface area (Å²) in [5.41, 5.74) is 2.97. The van der Waals surface area contributed by atoms with Gasteiger partial charge in [-0.05, 0) is 29.2 Å². The highest BCUT2D eigenvalue weighted by atomic mass is 19.1. The number of amides is 2. The van der Waals surface area contributed by atoms with E-state index in [4.69, 9.17) is 0 Å². The zero-order valence-corrected chi connectivity index (χ0v) is 21.2. The Labute approximate surface area is 218 Å². The van der Waals surface area contributed by atoms with Crippen molar-refractivity contribution in [2.24, 2.45) is 0 Å². The zero-order chi connectivity index (χ0) is 26.8. The van der Waals surface area contributed by atoms with Gasteiger partial charge < -0.3 is 10.2 Å². The number of halogens is 1. The third kappa shape index (κ3) is 5.06. The van der Waals surface area contributed by atoms with Gasteiger partial charge in [-0.25, -0.2) is 14.3 Å². The van der Waals surface area contributed by atoms with E-state index in [-0.39, 0.29) is 19.4 Å². The van der Waals surface area contributed by atoms with Crippen LogP contribution in [-0.2, 0) is 16.0 Å². The molecule has 0 saturated carbocycles. The van der Waals surface area contributed by atoms with Gasteiger partial charge in [0.05, 0.1) is 24.7 Å². The number of alkyl halides is 1. The monoisotopic (exact) mass is 516 g/mol. The van der Waals surface area contributed by atoms with Crippen molar-refractivity contribution in [3.8, 4) is 0 Å². The fourth-order valence-electron chi connectivity index (χ4n) is 4.84. The van der Waals surface area contributed by atoms with Gasteiger partial charge in [0.25, 0.3) is 0 Å². The number of aromatic nitrogens is 4. The maximum absolute atomic E-state index is 14.6. The lowest BCUT2D eigenvalue weighted by Crippen LogP contribution is -2.47. The van der Waals surface area contributed by atoms with Gasteiger partial charge in [0.1, 0.15) is 12.2 Å². The molecule has 5 rings (SSSR count). The number of likely N-dealkylation sites (tertiary alicyclic amines) is 1. The van der Waals surface area contributed by atoms with E-state index in [9.17, 15) is 18.8 Å². The maximum Gasteiger partial charge on any atom is 0.347 e. The third-order valence-electron chi connectivity index (χ3n) is 6.93. The molecule has 1 saturated heterocycles. The number of nitrogens with zero attached hydrogens (tertiary/aromatic N) is 4. The summed E-state index contributed by atoms with van der Waals surface area (Å²) in [7, 11) is 0. The van der Waals surface area contributed by atoms with Crippen LogP contribution in [0, 0.1) is 0 Å². The summed E-state index contributed by atoms with van der Waals surface area (Å²) in [4.78, 5) is 44.6. The second-order valence-electron chi connectivity index (χ2n) is 9.85. The molecule has 3 aromatic heterocycles. The van der Waals surface area contributed by atoms with Crippen molar-refractivity contribution in [1.29, 1.82) is 0 Å². The van der Waals surface area contributed by atoms with Crippen LogP contribution in [-0.4, -0.2) is 55.1 Å². The predicted molar refractivity (Wildman–Crippen MR) is 139 cm³/mol. The smallest absolute Gasteiger partial charge is 0.342 e. The fraction of sp³-hybridized carbons (Fsp3) is 0.321. The predicted octanol–water partition coefficient (Wildman–Crippen LogP) is 2.93. The number of H-pyrrole nitrogens is 1. The number of fused-ring (bicyclic) bond motifs is 1. The Morgan fingerprint density at radius 1 is 1.11 bits per heavy atom. The van der Waals surface area contributed by atoms with Crippen LogP contribution >= 0.6 is 0 Å². The summed E-state index contributed by atoms with van der Waals surface area (Å²) in [6.45, 7) is 3.99. The van der Waals surface area contributed by atoms with Gasteiger partial charge in [0.15, 0.2) is 5.65 Å². The Morgan fingerprint density at radius 3 is 2.61 bits per heavy atom. The first-order valence-corrected chi connectivity index (χ1v) is 12.6. The Morgan fingerprint density at radius 2 is 1.89 bits per heavy atom. The molecule has 10 heteroatoms. The van der Waals surface area contributed by atoms with Gasteiger partial charge in [-0.15, -0.1) is 0 Å². The van der Waals surface area contributed by atoms with Crippen LogP contribution in [0.1, 0.15) is 54.6 Å². The van der Waals surface area contributed by atoms with E-state index in [1.165, 1.54) is 9.30 Å². The number of pyridine rings is 2. The minimum Gasteiger partial charge on any atom is -0.342 e. The first kappa shape index (κ1) is 25.3. The standard InChI is InChI=1S/C28H29FN6O3/c1-17(2)20-10-11-22(30-15-20)25(18-7-4-3-5-8-18)31-27(37)23-14-21(29)16-35(23)24(36)13-19-9-6-12-34-26(19)32-33-28(34)38/h3-12,15,17,21,23,25H,13-14,16H2,1-2H3,(H,31,37)(H,33,38). The normalized spacial score (nSPS) is 18.2. The molecule has 0 aliphatic carbocycles. The molecule has 38 heavy (non-hydrogen) atoms. The highest BCUT2D eigenvalue weighted by Crippen LogP contribution is 2.26.